The minimum atomic E-state index is -1.54. The van der Waals surface area contributed by atoms with Crippen LogP contribution in [0.3, 0.4) is 0 Å². The van der Waals surface area contributed by atoms with Gasteiger partial charge in [0.25, 0.3) is 0 Å². The lowest BCUT2D eigenvalue weighted by Gasteiger charge is -2.31. The average Bonchev–Trinajstić information content (AvgIpc) is 2.38. The molecule has 0 saturated carbocycles. The number of aromatic carboxylic acids is 1. The first-order chi connectivity index (χ1) is 9.81. The molecule has 0 spiro atoms. The van der Waals surface area contributed by atoms with E-state index in [0.717, 1.165) is 0 Å². The highest BCUT2D eigenvalue weighted by molar-refractivity contribution is 6.04. The van der Waals surface area contributed by atoms with Crippen molar-refractivity contribution < 1.29 is 34.4 Å². The number of hydrogen-bond acceptors (Lipinski definition) is 6. The molecule has 1 aromatic rings. The predicted molar refractivity (Wildman–Crippen MR) is 70.7 cm³/mol. The minimum absolute atomic E-state index is 0.0843. The van der Waals surface area contributed by atoms with E-state index < -0.39 is 35.1 Å². The summed E-state index contributed by atoms with van der Waals surface area (Å²) in [6.07, 6.45) is -0.463. The number of ether oxygens (including phenoxy) is 2. The number of phenols is 2. The van der Waals surface area contributed by atoms with E-state index in [0.29, 0.717) is 5.56 Å². The van der Waals surface area contributed by atoms with Crippen LogP contribution in [0.4, 0.5) is 0 Å². The number of methoxy groups -OCH3 is 1. The van der Waals surface area contributed by atoms with Gasteiger partial charge in [-0.05, 0) is 12.5 Å². The molecule has 0 radical (unpaired) electrons. The minimum Gasteiger partial charge on any atom is -0.507 e. The Morgan fingerprint density at radius 1 is 1.29 bits per heavy atom. The quantitative estimate of drug-likeness (QED) is 0.726. The van der Waals surface area contributed by atoms with Gasteiger partial charge in [-0.15, -0.1) is 0 Å². The first-order valence-corrected chi connectivity index (χ1v) is 6.35. The lowest BCUT2D eigenvalue weighted by Crippen LogP contribution is -2.30. The van der Waals surface area contributed by atoms with Crippen LogP contribution in [0.5, 0.6) is 11.5 Å². The third-order valence-corrected chi connectivity index (χ3v) is 3.75. The fourth-order valence-corrected chi connectivity index (χ4v) is 2.56. The van der Waals surface area contributed by atoms with Crippen molar-refractivity contribution in [3.8, 4) is 11.5 Å². The molecular formula is C14H16O7. The van der Waals surface area contributed by atoms with Crippen LogP contribution in [0.1, 0.15) is 51.6 Å². The molecule has 0 bridgehead atoms. The second-order valence-corrected chi connectivity index (χ2v) is 4.98. The molecule has 7 nitrogen and oxygen atoms in total. The van der Waals surface area contributed by atoms with Gasteiger partial charge in [0.1, 0.15) is 28.7 Å². The van der Waals surface area contributed by atoms with Crippen LogP contribution in [0.15, 0.2) is 0 Å². The summed E-state index contributed by atoms with van der Waals surface area (Å²) in [5.41, 5.74) is -0.401. The molecule has 0 aromatic heterocycles. The van der Waals surface area contributed by atoms with Gasteiger partial charge >= 0.3 is 11.9 Å². The molecule has 0 amide bonds. The van der Waals surface area contributed by atoms with Crippen molar-refractivity contribution in [3.05, 3.63) is 22.3 Å². The maximum absolute atomic E-state index is 12.0. The lowest BCUT2D eigenvalue weighted by molar-refractivity contribution is 0.0232. The van der Waals surface area contributed by atoms with Gasteiger partial charge in [-0.3, -0.25) is 0 Å². The van der Waals surface area contributed by atoms with Crippen LogP contribution in [-0.4, -0.2) is 40.5 Å². The van der Waals surface area contributed by atoms with Crippen LogP contribution < -0.4 is 0 Å². The van der Waals surface area contributed by atoms with E-state index >= 15 is 0 Å². The number of cyclic esters (lactones) is 1. The fraction of sp³-hybridized carbons (Fsp3) is 0.429. The topological polar surface area (TPSA) is 113 Å². The number of fused-ring (bicyclic) bond motifs is 1. The summed E-state index contributed by atoms with van der Waals surface area (Å²) in [6, 6.07) is 0. The van der Waals surface area contributed by atoms with E-state index in [1.54, 1.807) is 13.8 Å². The molecule has 0 aliphatic carbocycles. The summed E-state index contributed by atoms with van der Waals surface area (Å²) >= 11 is 0. The van der Waals surface area contributed by atoms with Gasteiger partial charge in [-0.25, -0.2) is 9.59 Å². The number of carboxylic acid groups (broad SMARTS) is 1. The van der Waals surface area contributed by atoms with Gasteiger partial charge in [0.15, 0.2) is 0 Å². The van der Waals surface area contributed by atoms with E-state index in [9.17, 15) is 19.8 Å². The normalized spacial score (nSPS) is 20.8. The molecule has 21 heavy (non-hydrogen) atoms. The molecular weight excluding hydrogens is 280 g/mol. The standard InChI is InChI=1S/C14H16O7/c1-5-6(2)21-14(19)9-8(5)7(4-20-3)11(15)10(12(9)16)13(17)18/h5-6,15-16H,4H2,1-3H3,(H,17,18). The molecule has 2 rings (SSSR count). The predicted octanol–water partition coefficient (Wildman–Crippen LogP) is 1.60. The zero-order valence-electron chi connectivity index (χ0n) is 11.8. The van der Waals surface area contributed by atoms with Crippen LogP contribution in [0, 0.1) is 0 Å². The molecule has 114 valence electrons. The van der Waals surface area contributed by atoms with Crippen molar-refractivity contribution in [2.75, 3.05) is 7.11 Å². The first kappa shape index (κ1) is 15.1. The molecule has 3 N–H and O–H groups in total. The van der Waals surface area contributed by atoms with Crippen LogP contribution in [-0.2, 0) is 16.1 Å². The van der Waals surface area contributed by atoms with Gasteiger partial charge in [0.2, 0.25) is 0 Å². The molecule has 1 aliphatic rings. The number of rotatable bonds is 3. The van der Waals surface area contributed by atoms with Crippen molar-refractivity contribution in [2.45, 2.75) is 32.5 Å². The Balaban J connectivity index is 2.88. The SMILES string of the molecule is COCc1c(O)c(C(=O)O)c(O)c2c1C(C)C(C)OC2=O. The highest BCUT2D eigenvalue weighted by Crippen LogP contribution is 2.45. The Labute approximate surface area is 120 Å². The number of benzene rings is 1. The van der Waals surface area contributed by atoms with Gasteiger partial charge in [0.05, 0.1) is 6.61 Å². The second kappa shape index (κ2) is 5.25. The summed E-state index contributed by atoms with van der Waals surface area (Å²) in [5, 5.41) is 29.3. The van der Waals surface area contributed by atoms with Crippen LogP contribution in [0.2, 0.25) is 0 Å². The van der Waals surface area contributed by atoms with Crippen molar-refractivity contribution in [3.63, 3.8) is 0 Å². The van der Waals surface area contributed by atoms with Crippen LogP contribution >= 0.6 is 0 Å². The van der Waals surface area contributed by atoms with Gasteiger partial charge < -0.3 is 24.8 Å². The molecule has 1 heterocycles. The smallest absolute Gasteiger partial charge is 0.343 e. The van der Waals surface area contributed by atoms with Crippen molar-refractivity contribution in [2.24, 2.45) is 0 Å². The second-order valence-electron chi connectivity index (χ2n) is 4.98. The first-order valence-electron chi connectivity index (χ1n) is 6.35. The number of carboxylic acids is 1. The molecule has 0 saturated heterocycles. The molecule has 1 aliphatic heterocycles. The Morgan fingerprint density at radius 3 is 2.43 bits per heavy atom. The summed E-state index contributed by atoms with van der Waals surface area (Å²) in [6.45, 7) is 3.36. The highest BCUT2D eigenvalue weighted by Gasteiger charge is 2.39. The Morgan fingerprint density at radius 2 is 1.90 bits per heavy atom. The van der Waals surface area contributed by atoms with Gasteiger partial charge in [-0.2, -0.15) is 0 Å². The van der Waals surface area contributed by atoms with E-state index in [1.807, 2.05) is 0 Å². The molecule has 2 atom stereocenters. The van der Waals surface area contributed by atoms with Crippen molar-refractivity contribution >= 4 is 11.9 Å². The van der Waals surface area contributed by atoms with E-state index in [-0.39, 0.29) is 23.7 Å². The largest absolute Gasteiger partial charge is 0.507 e. The summed E-state index contributed by atoms with van der Waals surface area (Å²) < 4.78 is 10.1. The zero-order chi connectivity index (χ0) is 15.9. The maximum Gasteiger partial charge on any atom is 0.343 e. The fourth-order valence-electron chi connectivity index (χ4n) is 2.56. The zero-order valence-corrected chi connectivity index (χ0v) is 11.8. The third-order valence-electron chi connectivity index (χ3n) is 3.75. The van der Waals surface area contributed by atoms with Gasteiger partial charge in [-0.1, -0.05) is 6.92 Å². The number of carbonyl (C=O) groups excluding carboxylic acids is 1. The number of hydrogen-bond donors (Lipinski definition) is 3. The van der Waals surface area contributed by atoms with Crippen molar-refractivity contribution in [1.82, 2.24) is 0 Å². The van der Waals surface area contributed by atoms with Crippen molar-refractivity contribution in [1.29, 1.82) is 0 Å². The van der Waals surface area contributed by atoms with E-state index in [4.69, 9.17) is 14.6 Å². The average molecular weight is 296 g/mol. The van der Waals surface area contributed by atoms with E-state index in [1.165, 1.54) is 7.11 Å². The maximum atomic E-state index is 12.0. The molecule has 2 unspecified atom stereocenters. The highest BCUT2D eigenvalue weighted by atomic mass is 16.5. The monoisotopic (exact) mass is 296 g/mol. The third kappa shape index (κ3) is 2.19. The Bertz CT molecular complexity index is 620. The molecule has 1 aromatic carbocycles. The Hall–Kier alpha value is -2.28. The van der Waals surface area contributed by atoms with Crippen LogP contribution in [0.25, 0.3) is 0 Å². The number of carbonyl (C=O) groups is 2. The molecule has 0 fully saturated rings. The summed E-state index contributed by atoms with van der Waals surface area (Å²) in [7, 11) is 1.38. The molecule has 7 heteroatoms. The number of esters is 1. The lowest BCUT2D eigenvalue weighted by atomic mass is 9.83. The summed E-state index contributed by atoms with van der Waals surface area (Å²) in [4.78, 5) is 23.2. The number of aromatic hydroxyl groups is 2. The van der Waals surface area contributed by atoms with E-state index in [2.05, 4.69) is 0 Å². The Kier molecular flexibility index (Phi) is 3.78. The summed E-state index contributed by atoms with van der Waals surface area (Å²) in [5.74, 6) is -4.03. The van der Waals surface area contributed by atoms with Gasteiger partial charge in [0, 0.05) is 18.6 Å².